The summed E-state index contributed by atoms with van der Waals surface area (Å²) in [5, 5.41) is 29.0. The van der Waals surface area contributed by atoms with Gasteiger partial charge in [-0.15, -0.1) is 0 Å². The average molecular weight is 274 g/mol. The Bertz CT molecular complexity index is 306. The van der Waals surface area contributed by atoms with Gasteiger partial charge in [-0.25, -0.2) is 9.59 Å². The van der Waals surface area contributed by atoms with Crippen molar-refractivity contribution in [2.24, 2.45) is 0 Å². The highest BCUT2D eigenvalue weighted by molar-refractivity contribution is 5.82. The van der Waals surface area contributed by atoms with E-state index >= 15 is 0 Å². The molecule has 0 aliphatic heterocycles. The minimum atomic E-state index is -1.15. The van der Waals surface area contributed by atoms with Crippen LogP contribution >= 0.6 is 0 Å². The molecule has 1 aliphatic rings. The third kappa shape index (κ3) is 4.68. The van der Waals surface area contributed by atoms with Crippen molar-refractivity contribution in [2.75, 3.05) is 19.8 Å². The second-order valence-corrected chi connectivity index (χ2v) is 4.71. The first-order valence-electron chi connectivity index (χ1n) is 6.61. The third-order valence-electron chi connectivity index (χ3n) is 3.35. The number of nitrogens with zero attached hydrogens (tertiary/aromatic N) is 1. The number of hydrogen-bond acceptors (Lipinski definition) is 4. The number of carbonyl (C=O) groups is 2. The highest BCUT2D eigenvalue weighted by Gasteiger charge is 2.30. The van der Waals surface area contributed by atoms with Crippen LogP contribution in [0.25, 0.3) is 0 Å². The number of amides is 2. The van der Waals surface area contributed by atoms with Gasteiger partial charge in [-0.2, -0.15) is 0 Å². The lowest BCUT2D eigenvalue weighted by atomic mass is 9.91. The molecule has 0 bridgehead atoms. The molecule has 7 heteroatoms. The van der Waals surface area contributed by atoms with Gasteiger partial charge in [-0.05, 0) is 25.7 Å². The molecule has 1 saturated carbocycles. The van der Waals surface area contributed by atoms with Crippen LogP contribution in [-0.4, -0.2) is 64.1 Å². The van der Waals surface area contributed by atoms with Crippen LogP contribution < -0.4 is 5.32 Å². The fraction of sp³-hybridized carbons (Fsp3) is 0.833. The van der Waals surface area contributed by atoms with Crippen molar-refractivity contribution in [1.82, 2.24) is 10.2 Å². The molecule has 0 saturated heterocycles. The maximum absolute atomic E-state index is 12.1. The fourth-order valence-corrected chi connectivity index (χ4v) is 2.01. The lowest BCUT2D eigenvalue weighted by Gasteiger charge is -2.38. The summed E-state index contributed by atoms with van der Waals surface area (Å²) in [6, 6.07) is -1.37. The SMILES string of the molecule is O=C(O)C(CCO)NC(=O)N(CCCO)C1CCC1. The Hall–Kier alpha value is -1.34. The monoisotopic (exact) mass is 274 g/mol. The minimum Gasteiger partial charge on any atom is -0.480 e. The number of urea groups is 1. The number of carboxylic acids is 1. The molecule has 4 N–H and O–H groups in total. The number of carbonyl (C=O) groups excluding carboxylic acids is 1. The van der Waals surface area contributed by atoms with E-state index in [0.29, 0.717) is 13.0 Å². The highest BCUT2D eigenvalue weighted by atomic mass is 16.4. The molecule has 7 nitrogen and oxygen atoms in total. The van der Waals surface area contributed by atoms with E-state index in [-0.39, 0.29) is 25.7 Å². The molecule has 1 fully saturated rings. The van der Waals surface area contributed by atoms with Crippen molar-refractivity contribution in [3.8, 4) is 0 Å². The van der Waals surface area contributed by atoms with Crippen molar-refractivity contribution in [3.05, 3.63) is 0 Å². The lowest BCUT2D eigenvalue weighted by molar-refractivity contribution is -0.139. The molecule has 110 valence electrons. The molecule has 0 radical (unpaired) electrons. The highest BCUT2D eigenvalue weighted by Crippen LogP contribution is 2.25. The van der Waals surface area contributed by atoms with Crippen LogP contribution in [-0.2, 0) is 4.79 Å². The first kappa shape index (κ1) is 15.7. The van der Waals surface area contributed by atoms with Gasteiger partial charge in [-0.3, -0.25) is 0 Å². The molecule has 1 atom stereocenters. The summed E-state index contributed by atoms with van der Waals surface area (Å²) in [6.45, 7) is 0.116. The van der Waals surface area contributed by atoms with E-state index < -0.39 is 18.0 Å². The molecular weight excluding hydrogens is 252 g/mol. The number of rotatable bonds is 8. The molecule has 0 spiro atoms. The summed E-state index contributed by atoms with van der Waals surface area (Å²) in [5.74, 6) is -1.15. The van der Waals surface area contributed by atoms with Crippen molar-refractivity contribution in [1.29, 1.82) is 0 Å². The van der Waals surface area contributed by atoms with Crippen molar-refractivity contribution >= 4 is 12.0 Å². The molecule has 0 heterocycles. The summed E-state index contributed by atoms with van der Waals surface area (Å²) >= 11 is 0. The summed E-state index contributed by atoms with van der Waals surface area (Å²) in [5.41, 5.74) is 0. The van der Waals surface area contributed by atoms with Crippen LogP contribution in [0.3, 0.4) is 0 Å². The molecule has 19 heavy (non-hydrogen) atoms. The van der Waals surface area contributed by atoms with Crippen LogP contribution in [0.1, 0.15) is 32.1 Å². The van der Waals surface area contributed by atoms with Gasteiger partial charge in [0, 0.05) is 32.2 Å². The van der Waals surface area contributed by atoms with Crippen LogP contribution in [0.4, 0.5) is 4.79 Å². The zero-order valence-electron chi connectivity index (χ0n) is 10.9. The average Bonchev–Trinajstić information content (AvgIpc) is 2.31. The Morgan fingerprint density at radius 1 is 1.26 bits per heavy atom. The number of aliphatic carboxylic acids is 1. The first-order valence-corrected chi connectivity index (χ1v) is 6.61. The Morgan fingerprint density at radius 2 is 1.95 bits per heavy atom. The third-order valence-corrected chi connectivity index (χ3v) is 3.35. The molecular formula is C12H22N2O5. The fourth-order valence-electron chi connectivity index (χ4n) is 2.01. The molecule has 1 unspecified atom stereocenters. The number of aliphatic hydroxyl groups excluding tert-OH is 2. The topological polar surface area (TPSA) is 110 Å². The quantitative estimate of drug-likeness (QED) is 0.488. The molecule has 1 rings (SSSR count). The maximum atomic E-state index is 12.1. The van der Waals surface area contributed by atoms with Gasteiger partial charge in [-0.1, -0.05) is 0 Å². The Kier molecular flexibility index (Phi) is 6.58. The molecule has 0 aromatic heterocycles. The second kappa shape index (κ2) is 7.96. The summed E-state index contributed by atoms with van der Waals surface area (Å²) in [6.07, 6.45) is 3.35. The Morgan fingerprint density at radius 3 is 2.37 bits per heavy atom. The van der Waals surface area contributed by atoms with E-state index in [0.717, 1.165) is 19.3 Å². The van der Waals surface area contributed by atoms with E-state index in [1.54, 1.807) is 4.90 Å². The van der Waals surface area contributed by atoms with Crippen LogP contribution in [0.2, 0.25) is 0 Å². The Balaban J connectivity index is 2.56. The first-order chi connectivity index (χ1) is 9.10. The van der Waals surface area contributed by atoms with E-state index in [9.17, 15) is 9.59 Å². The van der Waals surface area contributed by atoms with Gasteiger partial charge in [0.2, 0.25) is 0 Å². The normalized spacial score (nSPS) is 16.5. The van der Waals surface area contributed by atoms with Crippen molar-refractivity contribution < 1.29 is 24.9 Å². The minimum absolute atomic E-state index is 0.00447. The standard InChI is InChI=1S/C12H22N2O5/c15-7-2-6-14(9-3-1-4-9)12(19)13-10(5-8-16)11(17)18/h9-10,15-16H,1-8H2,(H,13,19)(H,17,18). The number of aliphatic hydroxyl groups is 2. The van der Waals surface area contributed by atoms with Crippen LogP contribution in [0.15, 0.2) is 0 Å². The van der Waals surface area contributed by atoms with E-state index in [1.807, 2.05) is 0 Å². The molecule has 0 aromatic rings. The van der Waals surface area contributed by atoms with Gasteiger partial charge in [0.1, 0.15) is 6.04 Å². The van der Waals surface area contributed by atoms with Crippen molar-refractivity contribution in [2.45, 2.75) is 44.2 Å². The Labute approximate surface area is 112 Å². The molecule has 0 aromatic carbocycles. The van der Waals surface area contributed by atoms with Gasteiger partial charge < -0.3 is 25.5 Å². The lowest BCUT2D eigenvalue weighted by Crippen LogP contribution is -2.53. The summed E-state index contributed by atoms with van der Waals surface area (Å²) in [4.78, 5) is 24.6. The number of nitrogens with one attached hydrogen (secondary N) is 1. The van der Waals surface area contributed by atoms with Crippen molar-refractivity contribution in [3.63, 3.8) is 0 Å². The van der Waals surface area contributed by atoms with Gasteiger partial charge >= 0.3 is 12.0 Å². The van der Waals surface area contributed by atoms with Gasteiger partial charge in [0.25, 0.3) is 0 Å². The summed E-state index contributed by atoms with van der Waals surface area (Å²) in [7, 11) is 0. The van der Waals surface area contributed by atoms with Gasteiger partial charge in [0.05, 0.1) is 0 Å². The number of hydrogen-bond donors (Lipinski definition) is 4. The predicted octanol–water partition coefficient (Wildman–Crippen LogP) is -0.231. The smallest absolute Gasteiger partial charge is 0.326 e. The van der Waals surface area contributed by atoms with E-state index in [2.05, 4.69) is 5.32 Å². The zero-order valence-corrected chi connectivity index (χ0v) is 10.9. The second-order valence-electron chi connectivity index (χ2n) is 4.71. The van der Waals surface area contributed by atoms with E-state index in [1.165, 1.54) is 0 Å². The largest absolute Gasteiger partial charge is 0.480 e. The van der Waals surface area contributed by atoms with Gasteiger partial charge in [0.15, 0.2) is 0 Å². The predicted molar refractivity (Wildman–Crippen MR) is 67.7 cm³/mol. The molecule has 1 aliphatic carbocycles. The maximum Gasteiger partial charge on any atom is 0.326 e. The zero-order chi connectivity index (χ0) is 14.3. The molecule has 2 amide bonds. The van der Waals surface area contributed by atoms with Crippen LogP contribution in [0, 0.1) is 0 Å². The van der Waals surface area contributed by atoms with E-state index in [4.69, 9.17) is 15.3 Å². The summed E-state index contributed by atoms with van der Waals surface area (Å²) < 4.78 is 0. The van der Waals surface area contributed by atoms with Crippen LogP contribution in [0.5, 0.6) is 0 Å². The number of carboxylic acid groups (broad SMARTS) is 1.